The Morgan fingerprint density at radius 3 is 2.51 bits per heavy atom. The first-order valence-corrected chi connectivity index (χ1v) is 11.4. The van der Waals surface area contributed by atoms with E-state index in [9.17, 15) is 4.39 Å². The summed E-state index contributed by atoms with van der Waals surface area (Å²) in [7, 11) is 0. The Bertz CT molecular complexity index is 1670. The maximum absolute atomic E-state index is 13.4. The van der Waals surface area contributed by atoms with Gasteiger partial charge in [-0.1, -0.05) is 6.07 Å². The normalized spacial score (nSPS) is 11.5. The lowest BCUT2D eigenvalue weighted by Gasteiger charge is -2.11. The van der Waals surface area contributed by atoms with Gasteiger partial charge in [-0.15, -0.1) is 0 Å². The predicted octanol–water partition coefficient (Wildman–Crippen LogP) is 6.19. The molecule has 7 nitrogen and oxygen atoms in total. The minimum atomic E-state index is -0.289. The summed E-state index contributed by atoms with van der Waals surface area (Å²) in [4.78, 5) is 17.1. The Morgan fingerprint density at radius 1 is 0.857 bits per heavy atom. The molecule has 0 spiro atoms. The Hall–Kier alpha value is -4.59. The Balaban J connectivity index is 1.44. The van der Waals surface area contributed by atoms with Gasteiger partial charge in [0.1, 0.15) is 17.0 Å². The summed E-state index contributed by atoms with van der Waals surface area (Å²) >= 11 is 0. The molecule has 0 aliphatic heterocycles. The van der Waals surface area contributed by atoms with Crippen molar-refractivity contribution in [1.29, 1.82) is 0 Å². The van der Waals surface area contributed by atoms with E-state index in [1.807, 2.05) is 24.5 Å². The van der Waals surface area contributed by atoms with Crippen LogP contribution in [0.25, 0.3) is 55.8 Å². The second-order valence-electron chi connectivity index (χ2n) is 8.74. The van der Waals surface area contributed by atoms with Crippen LogP contribution in [-0.4, -0.2) is 36.2 Å². The molecule has 0 fully saturated rings. The van der Waals surface area contributed by atoms with Crippen molar-refractivity contribution in [2.75, 3.05) is 5.32 Å². The third kappa shape index (κ3) is 3.89. The zero-order chi connectivity index (χ0) is 23.9. The van der Waals surface area contributed by atoms with Gasteiger partial charge in [-0.05, 0) is 67.9 Å². The zero-order valence-electron chi connectivity index (χ0n) is 19.2. The molecule has 0 aliphatic carbocycles. The van der Waals surface area contributed by atoms with E-state index >= 15 is 0 Å². The summed E-state index contributed by atoms with van der Waals surface area (Å²) in [5, 5.41) is 12.0. The number of pyridine rings is 2. The lowest BCUT2D eigenvalue weighted by atomic mass is 10.0. The number of aromatic nitrogens is 6. The van der Waals surface area contributed by atoms with Gasteiger partial charge >= 0.3 is 0 Å². The average molecular weight is 464 g/mol. The number of nitrogens with one attached hydrogen (secondary N) is 3. The van der Waals surface area contributed by atoms with Crippen LogP contribution in [0.15, 0.2) is 73.2 Å². The van der Waals surface area contributed by atoms with Gasteiger partial charge in [0.05, 0.1) is 22.4 Å². The van der Waals surface area contributed by atoms with Gasteiger partial charge in [-0.2, -0.15) is 5.10 Å². The van der Waals surface area contributed by atoms with E-state index in [0.29, 0.717) is 28.8 Å². The van der Waals surface area contributed by atoms with E-state index in [-0.39, 0.29) is 5.82 Å². The highest BCUT2D eigenvalue weighted by Gasteiger charge is 2.16. The van der Waals surface area contributed by atoms with E-state index in [4.69, 9.17) is 4.98 Å². The van der Waals surface area contributed by atoms with Crippen molar-refractivity contribution in [2.24, 2.45) is 0 Å². The monoisotopic (exact) mass is 463 g/mol. The third-order valence-electron chi connectivity index (χ3n) is 5.83. The fourth-order valence-electron chi connectivity index (χ4n) is 4.25. The molecule has 172 valence electrons. The van der Waals surface area contributed by atoms with Gasteiger partial charge in [0.15, 0.2) is 5.82 Å². The van der Waals surface area contributed by atoms with Crippen LogP contribution in [-0.2, 0) is 0 Å². The van der Waals surface area contributed by atoms with Crippen molar-refractivity contribution in [2.45, 2.75) is 19.9 Å². The average Bonchev–Trinajstić information content (AvgIpc) is 3.48. The molecule has 0 unspecified atom stereocenters. The van der Waals surface area contributed by atoms with Crippen molar-refractivity contribution in [3.63, 3.8) is 0 Å². The number of rotatable bonds is 5. The van der Waals surface area contributed by atoms with Crippen molar-refractivity contribution >= 4 is 27.6 Å². The van der Waals surface area contributed by atoms with Crippen molar-refractivity contribution < 1.29 is 4.39 Å². The molecule has 0 radical (unpaired) electrons. The van der Waals surface area contributed by atoms with Crippen molar-refractivity contribution in [3.05, 3.63) is 79.0 Å². The zero-order valence-corrected chi connectivity index (χ0v) is 19.2. The highest BCUT2D eigenvalue weighted by Crippen LogP contribution is 2.32. The molecule has 0 saturated carbocycles. The summed E-state index contributed by atoms with van der Waals surface area (Å²) in [6.45, 7) is 4.20. The largest absolute Gasteiger partial charge is 0.382 e. The fraction of sp³-hybridized carbons (Fsp3) is 0.111. The molecule has 6 rings (SSSR count). The van der Waals surface area contributed by atoms with Crippen LogP contribution in [0.1, 0.15) is 13.8 Å². The Labute approximate surface area is 200 Å². The first-order chi connectivity index (χ1) is 17.0. The molecular weight excluding hydrogens is 441 g/mol. The van der Waals surface area contributed by atoms with Crippen molar-refractivity contribution in [1.82, 2.24) is 30.1 Å². The summed E-state index contributed by atoms with van der Waals surface area (Å²) in [5.41, 5.74) is 7.66. The SMILES string of the molecule is CC(C)Nc1cncc(-c2ccc3[nH]nc(-c4nc5c(-c6ccc(F)cc6)nccc5[nH]4)c3c2)c1. The maximum Gasteiger partial charge on any atom is 0.159 e. The molecule has 4 heterocycles. The molecule has 8 heteroatoms. The highest BCUT2D eigenvalue weighted by atomic mass is 19.1. The first-order valence-electron chi connectivity index (χ1n) is 11.4. The minimum absolute atomic E-state index is 0.289. The fourth-order valence-corrected chi connectivity index (χ4v) is 4.25. The van der Waals surface area contributed by atoms with Gasteiger partial charge in [0.25, 0.3) is 0 Å². The topological polar surface area (TPSA) is 95.2 Å². The van der Waals surface area contributed by atoms with E-state index in [0.717, 1.165) is 38.8 Å². The number of hydrogen-bond donors (Lipinski definition) is 3. The van der Waals surface area contributed by atoms with E-state index in [1.54, 1.807) is 18.3 Å². The lowest BCUT2D eigenvalue weighted by Crippen LogP contribution is -2.09. The highest BCUT2D eigenvalue weighted by molar-refractivity contribution is 5.97. The molecule has 0 saturated heterocycles. The van der Waals surface area contributed by atoms with Crippen LogP contribution < -0.4 is 5.32 Å². The third-order valence-corrected chi connectivity index (χ3v) is 5.83. The molecule has 3 N–H and O–H groups in total. The molecule has 0 atom stereocenters. The Kier molecular flexibility index (Phi) is 4.99. The summed E-state index contributed by atoms with van der Waals surface area (Å²) < 4.78 is 13.4. The standard InChI is InChI=1S/C27H22FN7/c1-15(2)31-20-11-18(13-29-14-20)17-5-8-22-21(12-17)25(35-34-22)27-32-23-9-10-30-24(26(23)33-27)16-3-6-19(28)7-4-16/h3-15,31H,1-2H3,(H,32,33)(H,34,35). The Morgan fingerprint density at radius 2 is 1.69 bits per heavy atom. The molecule has 6 aromatic rings. The number of H-pyrrole nitrogens is 2. The number of fused-ring (bicyclic) bond motifs is 2. The van der Waals surface area contributed by atoms with E-state index in [2.05, 4.69) is 62.5 Å². The van der Waals surface area contributed by atoms with Crippen molar-refractivity contribution in [3.8, 4) is 33.9 Å². The molecule has 0 bridgehead atoms. The second-order valence-corrected chi connectivity index (χ2v) is 8.74. The molecule has 2 aromatic carbocycles. The molecule has 4 aromatic heterocycles. The second kappa shape index (κ2) is 8.32. The molecule has 35 heavy (non-hydrogen) atoms. The van der Waals surface area contributed by atoms with Crippen LogP contribution >= 0.6 is 0 Å². The number of benzene rings is 2. The van der Waals surface area contributed by atoms with Gasteiger partial charge in [-0.3, -0.25) is 15.1 Å². The first kappa shape index (κ1) is 21.0. The van der Waals surface area contributed by atoms with Gasteiger partial charge in [-0.25, -0.2) is 9.37 Å². The minimum Gasteiger partial charge on any atom is -0.382 e. The quantitative estimate of drug-likeness (QED) is 0.283. The number of aromatic amines is 2. The smallest absolute Gasteiger partial charge is 0.159 e. The summed E-state index contributed by atoms with van der Waals surface area (Å²) in [6.07, 6.45) is 5.40. The van der Waals surface area contributed by atoms with E-state index < -0.39 is 0 Å². The summed E-state index contributed by atoms with van der Waals surface area (Å²) in [6, 6.07) is 16.7. The molecule has 0 aliphatic rings. The number of imidazole rings is 1. The number of hydrogen-bond acceptors (Lipinski definition) is 5. The van der Waals surface area contributed by atoms with Gasteiger partial charge in [0.2, 0.25) is 0 Å². The van der Waals surface area contributed by atoms with Crippen LogP contribution in [0.4, 0.5) is 10.1 Å². The number of anilines is 1. The van der Waals surface area contributed by atoms with Crippen LogP contribution in [0, 0.1) is 5.82 Å². The van der Waals surface area contributed by atoms with Gasteiger partial charge in [0, 0.05) is 41.1 Å². The lowest BCUT2D eigenvalue weighted by molar-refractivity contribution is 0.628. The van der Waals surface area contributed by atoms with Crippen LogP contribution in [0.5, 0.6) is 0 Å². The van der Waals surface area contributed by atoms with Crippen LogP contribution in [0.2, 0.25) is 0 Å². The van der Waals surface area contributed by atoms with E-state index in [1.165, 1.54) is 12.1 Å². The predicted molar refractivity (Wildman–Crippen MR) is 136 cm³/mol. The number of halogens is 1. The molecule has 0 amide bonds. The van der Waals surface area contributed by atoms with Crippen LogP contribution in [0.3, 0.4) is 0 Å². The summed E-state index contributed by atoms with van der Waals surface area (Å²) in [5.74, 6) is 0.344. The molecular formula is C27H22FN7. The number of nitrogens with zero attached hydrogens (tertiary/aromatic N) is 4. The van der Waals surface area contributed by atoms with Gasteiger partial charge < -0.3 is 10.3 Å². The maximum atomic E-state index is 13.4.